The number of fused-ring (bicyclic) bond motifs is 1. The molecule has 0 bridgehead atoms. The summed E-state index contributed by atoms with van der Waals surface area (Å²) < 4.78 is 65.8. The van der Waals surface area contributed by atoms with Crippen molar-refractivity contribution in [2.75, 3.05) is 39.6 Å². The number of aromatic nitrogens is 10. The van der Waals surface area contributed by atoms with Crippen molar-refractivity contribution in [3.05, 3.63) is 227 Å². The number of ether oxygens (including phenoxy) is 8. The van der Waals surface area contributed by atoms with Crippen molar-refractivity contribution in [2.45, 2.75) is 241 Å². The lowest BCUT2D eigenvalue weighted by Crippen LogP contribution is -2.40. The molecule has 1 aliphatic rings. The molecule has 0 saturated carbocycles. The molecule has 8 rings (SSSR count). The Hall–Kier alpha value is -9.82. The van der Waals surface area contributed by atoms with E-state index in [9.17, 15) is 78.3 Å². The van der Waals surface area contributed by atoms with Crippen molar-refractivity contribution in [3.8, 4) is 12.1 Å². The van der Waals surface area contributed by atoms with Gasteiger partial charge in [0, 0.05) is 73.4 Å². The van der Waals surface area contributed by atoms with Gasteiger partial charge in [-0.15, -0.1) is 0 Å². The maximum atomic E-state index is 12.6. The van der Waals surface area contributed by atoms with E-state index in [0.717, 1.165) is 32.3 Å². The lowest BCUT2D eigenvalue weighted by molar-refractivity contribution is -0.122. The summed E-state index contributed by atoms with van der Waals surface area (Å²) in [6.07, 6.45) is 1.28. The van der Waals surface area contributed by atoms with E-state index in [4.69, 9.17) is 52.2 Å². The molecule has 9 N–H and O–H groups in total. The number of nitrogens with one attached hydrogen (secondary N) is 4. The van der Waals surface area contributed by atoms with Crippen molar-refractivity contribution in [3.63, 3.8) is 0 Å². The predicted molar refractivity (Wildman–Crippen MR) is 434 cm³/mol. The first-order valence-corrected chi connectivity index (χ1v) is 39.9. The fraction of sp³-hybridized carbons (Fsp3) is 0.557. The Labute approximate surface area is 682 Å². The van der Waals surface area contributed by atoms with E-state index >= 15 is 0 Å². The lowest BCUT2D eigenvalue weighted by Gasteiger charge is -2.38. The summed E-state index contributed by atoms with van der Waals surface area (Å²) in [5.74, 6) is -0.684. The topological polar surface area (TPSA) is 509 Å². The Kier molecular flexibility index (Phi) is 44.5. The molecule has 39 heteroatoms. The Morgan fingerprint density at radius 2 is 0.873 bits per heavy atom. The molecular weight excluding hydrogens is 1560 g/mol. The van der Waals surface area contributed by atoms with Crippen molar-refractivity contribution in [1.29, 1.82) is 5.26 Å². The maximum absolute atomic E-state index is 12.6. The van der Waals surface area contributed by atoms with E-state index < -0.39 is 152 Å². The molecule has 6 heterocycles. The van der Waals surface area contributed by atoms with Gasteiger partial charge in [0.05, 0.1) is 98.4 Å². The van der Waals surface area contributed by atoms with Gasteiger partial charge in [0.2, 0.25) is 0 Å². The Balaban J connectivity index is 0.000000324. The number of hydrogen-bond donors (Lipinski definition) is 9. The molecule has 0 saturated heterocycles. The molecule has 0 fully saturated rings. The number of aliphatic hydroxyl groups excluding tert-OH is 5. The average Bonchev–Trinajstić information content (AvgIpc) is 1.61. The summed E-state index contributed by atoms with van der Waals surface area (Å²) in [6.45, 7) is 27.7. The zero-order valence-corrected chi connectivity index (χ0v) is 70.1. The average molecular weight is 1680 g/mol. The summed E-state index contributed by atoms with van der Waals surface area (Å²) >= 11 is 0. The molecule has 38 nitrogen and oxygen atoms in total. The van der Waals surface area contributed by atoms with Gasteiger partial charge in [-0.1, -0.05) is 84.9 Å². The molecule has 7 aromatic rings. The van der Waals surface area contributed by atoms with Gasteiger partial charge in [-0.3, -0.25) is 66.7 Å². The van der Waals surface area contributed by atoms with E-state index in [1.165, 1.54) is 47.6 Å². The van der Waals surface area contributed by atoms with Gasteiger partial charge in [-0.2, -0.15) is 10.2 Å². The maximum Gasteiger partial charge on any atom is 0.338 e. The molecule has 0 aliphatic carbocycles. The van der Waals surface area contributed by atoms with Gasteiger partial charge in [-0.05, 0) is 118 Å². The summed E-state index contributed by atoms with van der Waals surface area (Å²) in [5, 5.41) is 56.2. The minimum atomic E-state index is -1.53. The van der Waals surface area contributed by atoms with Gasteiger partial charge < -0.3 is 72.5 Å². The second-order valence-corrected chi connectivity index (χ2v) is 29.0. The normalized spacial score (nSPS) is 15.9. The number of esters is 2. The molecule has 118 heavy (non-hydrogen) atoms. The Bertz CT molecular complexity index is 4630. The van der Waals surface area contributed by atoms with Crippen molar-refractivity contribution < 1.29 is 82.1 Å². The zero-order valence-electron chi connectivity index (χ0n) is 69.2. The van der Waals surface area contributed by atoms with Crippen LogP contribution in [0.5, 0.6) is 6.01 Å². The van der Waals surface area contributed by atoms with Crippen LogP contribution in [0.15, 0.2) is 165 Å². The first kappa shape index (κ1) is 101. The highest BCUT2D eigenvalue weighted by Gasteiger charge is 2.34. The number of rotatable bonds is 40. The molecule has 11 unspecified atom stereocenters. The highest BCUT2D eigenvalue weighted by Crippen LogP contribution is 2.48. The molecule has 15 atom stereocenters. The molecule has 652 valence electrons. The third kappa shape index (κ3) is 32.8. The predicted octanol–water partition coefficient (Wildman–Crippen LogP) is 5.43. The third-order valence-electron chi connectivity index (χ3n) is 17.6. The van der Waals surface area contributed by atoms with E-state index in [1.807, 2.05) is 62.3 Å². The number of aromatic amines is 4. The summed E-state index contributed by atoms with van der Waals surface area (Å²) in [5.41, 5.74) is -4.42. The van der Waals surface area contributed by atoms with Crippen LogP contribution in [0.4, 0.5) is 0 Å². The quantitative estimate of drug-likeness (QED) is 0.0131. The largest absolute Gasteiger partial charge is 0.460 e. The SMILES string of the molecule is CCC(OC(CO)n1ccc(=O)[nH]c1=O)[C@@H](C)O.CCC(OC(CO)n1ccc(=O)[nH]c1=O)[C@H](C)O.CCC(OC(COC(=O)c1ccccc1)n1ccc(=O)[nH]c1=O)[C@@H](C)O.CCC(OC(COC(=O)c1ccccc1)n1ccc(=O)[nH]c1=O)[C@@H](C)OP(OCCC#N)N(C(C)C)C(C)C.CCC(OC1COc2nc(=O)ccn21)C(C)C. The smallest absolute Gasteiger partial charge is 0.338 e. The second-order valence-electron chi connectivity index (χ2n) is 27.6. The zero-order chi connectivity index (χ0) is 87.9. The summed E-state index contributed by atoms with van der Waals surface area (Å²) in [6, 6.07) is 25.7. The molecule has 0 amide bonds. The highest BCUT2D eigenvalue weighted by atomic mass is 31.2. The van der Waals surface area contributed by atoms with Crippen LogP contribution in [-0.4, -0.2) is 197 Å². The van der Waals surface area contributed by atoms with Crippen LogP contribution < -0.4 is 55.3 Å². The monoisotopic (exact) mass is 1680 g/mol. The van der Waals surface area contributed by atoms with Crippen molar-refractivity contribution in [1.82, 2.24) is 52.4 Å². The van der Waals surface area contributed by atoms with Crippen molar-refractivity contribution >= 4 is 20.5 Å². The third-order valence-corrected chi connectivity index (χ3v) is 19.8. The molecule has 5 aromatic heterocycles. The van der Waals surface area contributed by atoms with Crippen LogP contribution in [0, 0.1) is 17.2 Å². The minimum Gasteiger partial charge on any atom is -0.460 e. The number of nitrogens with zero attached hydrogens (tertiary/aromatic N) is 8. The van der Waals surface area contributed by atoms with Crippen LogP contribution >= 0.6 is 8.53 Å². The standard InChI is InChI=1S/C27H39N4O7P.C18H22N2O6.C12H18N2O3.2C11H18N2O5/c1-7-23(21(6)38-39(36-17-11-15-28)31(19(2)3)20(4)5)37-25(30-16-14-24(32)29-27(30)34)18-35-26(33)22-12-9-8-10-13-22;1-3-14(12(2)21)26-16(20-10-9-15(22)19-18(20)24)11-25-17(23)13-7-5-4-6-8-13;1-4-9(8(2)3)17-11-7-16-12-13-10(15)5-6-14(11)12;2*1-3-8(7(2)15)18-10(6-14)13-5-4-9(16)12-11(13)17/h8-10,12-14,16,19-21,23,25H,7,11,17-18H2,1-6H3,(H,29,32,34);4-10,12,14,16,21H,3,11H2,1-2H3,(H,19,22,24);5-6,8-9,11H,4,7H2,1-3H3;2*4-5,7-8,10,14-15H,3,6H2,1-2H3,(H,12,16,17)/t21-,23?,25?,39?;12-,14?,16?;;2*7-,8?,10?/m11.10/s1. The van der Waals surface area contributed by atoms with Gasteiger partial charge in [-0.25, -0.2) is 33.4 Å². The number of hydrogen-bond acceptors (Lipinski definition) is 29. The number of aliphatic hydroxyl groups is 5. The lowest BCUT2D eigenvalue weighted by atomic mass is 10.1. The van der Waals surface area contributed by atoms with Gasteiger partial charge >= 0.3 is 40.7 Å². The van der Waals surface area contributed by atoms with Gasteiger partial charge in [0.1, 0.15) is 19.8 Å². The van der Waals surface area contributed by atoms with Gasteiger partial charge in [0.25, 0.3) is 36.3 Å². The van der Waals surface area contributed by atoms with Crippen LogP contribution in [0.2, 0.25) is 0 Å². The van der Waals surface area contributed by atoms with Crippen LogP contribution in [0.25, 0.3) is 0 Å². The van der Waals surface area contributed by atoms with E-state index in [2.05, 4.69) is 56.4 Å². The van der Waals surface area contributed by atoms with E-state index in [0.29, 0.717) is 55.3 Å². The first-order valence-electron chi connectivity index (χ1n) is 38.8. The van der Waals surface area contributed by atoms with E-state index in [1.54, 1.807) is 92.2 Å². The number of H-pyrrole nitrogens is 4. The van der Waals surface area contributed by atoms with Crippen molar-refractivity contribution in [2.24, 2.45) is 5.92 Å². The van der Waals surface area contributed by atoms with Crippen LogP contribution in [0.1, 0.15) is 194 Å². The summed E-state index contributed by atoms with van der Waals surface area (Å²) in [4.78, 5) is 141. The highest BCUT2D eigenvalue weighted by molar-refractivity contribution is 7.44. The van der Waals surface area contributed by atoms with Crippen LogP contribution in [-0.2, 0) is 42.2 Å². The summed E-state index contributed by atoms with van der Waals surface area (Å²) in [7, 11) is -1.53. The number of nitriles is 1. The fourth-order valence-corrected chi connectivity index (χ4v) is 13.2. The molecule has 0 radical (unpaired) electrons. The molecule has 0 spiro atoms. The molecule has 2 aromatic carbocycles. The number of benzene rings is 2. The Morgan fingerprint density at radius 3 is 1.19 bits per heavy atom. The first-order chi connectivity index (χ1) is 56.1. The fourth-order valence-electron chi connectivity index (χ4n) is 11.5. The van der Waals surface area contributed by atoms with Gasteiger partial charge in [0.15, 0.2) is 31.1 Å². The molecule has 1 aliphatic heterocycles. The molecular formula is C79H115N12O26P. The van der Waals surface area contributed by atoms with Crippen LogP contribution in [0.3, 0.4) is 0 Å². The Morgan fingerprint density at radius 1 is 0.517 bits per heavy atom. The van der Waals surface area contributed by atoms with E-state index in [-0.39, 0.29) is 56.2 Å². The second kappa shape index (κ2) is 52.2. The number of carbonyl (C=O) groups is 2. The number of carbonyl (C=O) groups excluding carboxylic acids is 2. The minimum absolute atomic E-state index is 0.122.